The summed E-state index contributed by atoms with van der Waals surface area (Å²) in [5.41, 5.74) is 0. The number of carboxylic acid groups (broad SMARTS) is 1. The fraction of sp³-hybridized carbons (Fsp3) is 0.500. The summed E-state index contributed by atoms with van der Waals surface area (Å²) in [6.45, 7) is 2.15. The van der Waals surface area contributed by atoms with Gasteiger partial charge in [-0.1, -0.05) is 0 Å². The average molecular weight is 225 g/mol. The Bertz CT molecular complexity index is 429. The van der Waals surface area contributed by atoms with E-state index in [1.807, 2.05) is 0 Å². The molecule has 1 aromatic rings. The zero-order valence-electron chi connectivity index (χ0n) is 8.54. The second kappa shape index (κ2) is 3.80. The minimum atomic E-state index is -1.21. The molecule has 0 saturated carbocycles. The summed E-state index contributed by atoms with van der Waals surface area (Å²) in [6, 6.07) is -0.980. The third-order valence-corrected chi connectivity index (χ3v) is 2.33. The van der Waals surface area contributed by atoms with Crippen LogP contribution in [0.2, 0.25) is 0 Å². The first-order valence-corrected chi connectivity index (χ1v) is 4.72. The lowest BCUT2D eigenvalue weighted by Gasteiger charge is -2.35. The van der Waals surface area contributed by atoms with Gasteiger partial charge < -0.3 is 15.7 Å². The number of rotatable bonds is 3. The van der Waals surface area contributed by atoms with Crippen molar-refractivity contribution in [1.82, 2.24) is 25.4 Å². The van der Waals surface area contributed by atoms with Crippen LogP contribution in [-0.2, 0) is 11.3 Å². The summed E-state index contributed by atoms with van der Waals surface area (Å²) in [5, 5.41) is 17.3. The molecule has 0 bridgehead atoms. The van der Waals surface area contributed by atoms with E-state index >= 15 is 0 Å². The van der Waals surface area contributed by atoms with Gasteiger partial charge in [-0.3, -0.25) is 9.48 Å². The predicted molar refractivity (Wildman–Crippen MR) is 51.6 cm³/mol. The van der Waals surface area contributed by atoms with Crippen molar-refractivity contribution in [2.24, 2.45) is 0 Å². The third-order valence-electron chi connectivity index (χ3n) is 2.33. The predicted octanol–water partition coefficient (Wildman–Crippen LogP) is -1.28. The molecule has 0 aromatic carbocycles. The van der Waals surface area contributed by atoms with Gasteiger partial charge in [0.1, 0.15) is 18.2 Å². The van der Waals surface area contributed by atoms with Crippen LogP contribution in [0.4, 0.5) is 4.79 Å². The molecule has 0 radical (unpaired) electrons. The van der Waals surface area contributed by atoms with Crippen LogP contribution >= 0.6 is 0 Å². The largest absolute Gasteiger partial charge is 0.465 e. The van der Waals surface area contributed by atoms with Gasteiger partial charge in [0.15, 0.2) is 0 Å². The van der Waals surface area contributed by atoms with Crippen molar-refractivity contribution in [2.75, 3.05) is 0 Å². The number of amides is 2. The molecule has 2 rings (SSSR count). The van der Waals surface area contributed by atoms with Crippen molar-refractivity contribution >= 4 is 12.0 Å². The highest BCUT2D eigenvalue weighted by Crippen LogP contribution is 2.08. The molecule has 2 amide bonds. The van der Waals surface area contributed by atoms with E-state index in [1.165, 1.54) is 6.33 Å². The molecule has 8 heteroatoms. The van der Waals surface area contributed by atoms with Crippen LogP contribution in [0.25, 0.3) is 0 Å². The molecule has 86 valence electrons. The molecule has 2 heterocycles. The molecule has 0 spiro atoms. The van der Waals surface area contributed by atoms with Crippen LogP contribution in [0.1, 0.15) is 5.82 Å². The maximum absolute atomic E-state index is 11.1. The smallest absolute Gasteiger partial charge is 0.405 e. The minimum Gasteiger partial charge on any atom is -0.465 e. The van der Waals surface area contributed by atoms with Gasteiger partial charge in [-0.15, -0.1) is 0 Å². The molecule has 1 aliphatic rings. The first kappa shape index (κ1) is 10.4. The van der Waals surface area contributed by atoms with Crippen LogP contribution < -0.4 is 10.6 Å². The summed E-state index contributed by atoms with van der Waals surface area (Å²) in [4.78, 5) is 25.4. The number of aryl methyl sites for hydroxylation is 1. The van der Waals surface area contributed by atoms with Gasteiger partial charge in [0.25, 0.3) is 0 Å². The number of carbonyl (C=O) groups excluding carboxylic acids is 1. The van der Waals surface area contributed by atoms with E-state index in [2.05, 4.69) is 20.7 Å². The van der Waals surface area contributed by atoms with Crippen molar-refractivity contribution in [1.29, 1.82) is 0 Å². The summed E-state index contributed by atoms with van der Waals surface area (Å²) < 4.78 is 1.57. The fourth-order valence-corrected chi connectivity index (χ4v) is 1.57. The Labute approximate surface area is 90.7 Å². The highest BCUT2D eigenvalue weighted by molar-refractivity contribution is 5.91. The van der Waals surface area contributed by atoms with E-state index < -0.39 is 12.1 Å². The van der Waals surface area contributed by atoms with Gasteiger partial charge in [-0.2, -0.15) is 5.10 Å². The Morgan fingerprint density at radius 3 is 3.00 bits per heavy atom. The Morgan fingerprint density at radius 2 is 2.50 bits per heavy atom. The summed E-state index contributed by atoms with van der Waals surface area (Å²) in [5.74, 6) is 0.317. The van der Waals surface area contributed by atoms with E-state index in [0.717, 1.165) is 0 Å². The molecule has 1 fully saturated rings. The molecule has 2 atom stereocenters. The van der Waals surface area contributed by atoms with Crippen molar-refractivity contribution < 1.29 is 14.7 Å². The molecule has 1 aliphatic heterocycles. The Balaban J connectivity index is 1.95. The number of aromatic nitrogens is 3. The Kier molecular flexibility index (Phi) is 2.47. The fourth-order valence-electron chi connectivity index (χ4n) is 1.57. The van der Waals surface area contributed by atoms with Crippen LogP contribution in [-0.4, -0.2) is 44.0 Å². The Hall–Kier alpha value is -2.12. The number of hydrogen-bond donors (Lipinski definition) is 3. The lowest BCUT2D eigenvalue weighted by Crippen LogP contribution is -2.70. The number of carbonyl (C=O) groups is 2. The van der Waals surface area contributed by atoms with E-state index in [-0.39, 0.29) is 11.9 Å². The molecular weight excluding hydrogens is 214 g/mol. The van der Waals surface area contributed by atoms with Gasteiger partial charge in [0, 0.05) is 0 Å². The van der Waals surface area contributed by atoms with E-state index in [0.29, 0.717) is 12.4 Å². The maximum atomic E-state index is 11.1. The lowest BCUT2D eigenvalue weighted by molar-refractivity contribution is -0.131. The molecule has 3 N–H and O–H groups in total. The molecule has 1 saturated heterocycles. The van der Waals surface area contributed by atoms with Crippen LogP contribution in [0.5, 0.6) is 0 Å². The van der Waals surface area contributed by atoms with Crippen molar-refractivity contribution in [3.05, 3.63) is 12.2 Å². The monoisotopic (exact) mass is 225 g/mol. The molecule has 8 nitrogen and oxygen atoms in total. The van der Waals surface area contributed by atoms with Gasteiger partial charge >= 0.3 is 6.09 Å². The first-order valence-electron chi connectivity index (χ1n) is 4.72. The van der Waals surface area contributed by atoms with Gasteiger partial charge in [-0.05, 0) is 6.92 Å². The van der Waals surface area contributed by atoms with Crippen molar-refractivity contribution in [3.63, 3.8) is 0 Å². The van der Waals surface area contributed by atoms with Crippen LogP contribution in [0.3, 0.4) is 0 Å². The molecular formula is C8H11N5O3. The summed E-state index contributed by atoms with van der Waals surface area (Å²) in [7, 11) is 0. The third kappa shape index (κ3) is 1.95. The number of nitrogens with one attached hydrogen (secondary N) is 2. The highest BCUT2D eigenvalue weighted by atomic mass is 16.4. The lowest BCUT2D eigenvalue weighted by atomic mass is 9.99. The van der Waals surface area contributed by atoms with E-state index in [9.17, 15) is 9.59 Å². The molecule has 0 aliphatic carbocycles. The zero-order chi connectivity index (χ0) is 11.7. The van der Waals surface area contributed by atoms with Gasteiger partial charge in [0.2, 0.25) is 5.91 Å². The number of nitrogens with zero attached hydrogens (tertiary/aromatic N) is 3. The second-order valence-electron chi connectivity index (χ2n) is 3.56. The zero-order valence-corrected chi connectivity index (χ0v) is 8.54. The van der Waals surface area contributed by atoms with Crippen molar-refractivity contribution in [2.45, 2.75) is 25.6 Å². The highest BCUT2D eigenvalue weighted by Gasteiger charge is 2.40. The van der Waals surface area contributed by atoms with Crippen molar-refractivity contribution in [3.8, 4) is 0 Å². The second-order valence-corrected chi connectivity index (χ2v) is 3.56. The van der Waals surface area contributed by atoms with Crippen LogP contribution in [0.15, 0.2) is 6.33 Å². The SMILES string of the molecule is Cc1ncn(C[C@@H]2NC(=O)[C@H]2NC(=O)O)n1. The Morgan fingerprint density at radius 1 is 1.75 bits per heavy atom. The molecule has 16 heavy (non-hydrogen) atoms. The van der Waals surface area contributed by atoms with E-state index in [1.54, 1.807) is 11.6 Å². The standard InChI is InChI=1S/C8H11N5O3/c1-4-9-3-13(12-4)2-5-6(7(14)10-5)11-8(15)16/h3,5-6,11H,2H2,1H3,(H,10,14)(H,15,16)/t5-,6-/m0/s1. The normalized spacial score (nSPS) is 23.4. The maximum Gasteiger partial charge on any atom is 0.405 e. The van der Waals surface area contributed by atoms with E-state index in [4.69, 9.17) is 5.11 Å². The summed E-state index contributed by atoms with van der Waals surface area (Å²) >= 11 is 0. The number of hydrogen-bond acceptors (Lipinski definition) is 4. The number of β-lactam (4-membered cyclic amide) rings is 1. The van der Waals surface area contributed by atoms with Gasteiger partial charge in [-0.25, -0.2) is 9.78 Å². The molecule has 0 unspecified atom stereocenters. The topological polar surface area (TPSA) is 109 Å². The quantitative estimate of drug-likeness (QED) is 0.555. The average Bonchev–Trinajstić information content (AvgIpc) is 2.60. The van der Waals surface area contributed by atoms with Gasteiger partial charge in [0.05, 0.1) is 12.6 Å². The summed E-state index contributed by atoms with van der Waals surface area (Å²) in [6.07, 6.45) is 0.331. The first-order chi connectivity index (χ1) is 7.56. The van der Waals surface area contributed by atoms with Crippen LogP contribution in [0, 0.1) is 6.92 Å². The minimum absolute atomic E-state index is 0.273. The molecule has 1 aromatic heterocycles.